The SMILES string of the molecule is CCCCCCC(C)=C=CC#CC(C)(O)CCCCCC. The summed E-state index contributed by atoms with van der Waals surface area (Å²) >= 11 is 0. The van der Waals surface area contributed by atoms with Crippen LogP contribution in [0, 0.1) is 11.8 Å². The summed E-state index contributed by atoms with van der Waals surface area (Å²) in [6, 6.07) is 0. The first-order chi connectivity index (χ1) is 10.0. The molecule has 0 bridgehead atoms. The van der Waals surface area contributed by atoms with E-state index < -0.39 is 5.60 Å². The van der Waals surface area contributed by atoms with Crippen molar-refractivity contribution in [3.05, 3.63) is 17.4 Å². The number of hydrogen-bond donors (Lipinski definition) is 1. The third-order valence-electron chi connectivity index (χ3n) is 3.65. The summed E-state index contributed by atoms with van der Waals surface area (Å²) < 4.78 is 0. The smallest absolute Gasteiger partial charge is 0.123 e. The van der Waals surface area contributed by atoms with Crippen molar-refractivity contribution in [1.82, 2.24) is 0 Å². The van der Waals surface area contributed by atoms with Gasteiger partial charge in [0.15, 0.2) is 0 Å². The number of aliphatic hydroxyl groups is 1. The van der Waals surface area contributed by atoms with Crippen LogP contribution in [0.25, 0.3) is 0 Å². The first kappa shape index (κ1) is 20.0. The Labute approximate surface area is 132 Å². The monoisotopic (exact) mass is 290 g/mol. The lowest BCUT2D eigenvalue weighted by molar-refractivity contribution is 0.109. The van der Waals surface area contributed by atoms with E-state index in [2.05, 4.69) is 38.3 Å². The van der Waals surface area contributed by atoms with Crippen LogP contribution in [0.4, 0.5) is 0 Å². The summed E-state index contributed by atoms with van der Waals surface area (Å²) in [6.45, 7) is 8.33. The molecule has 0 radical (unpaired) electrons. The zero-order chi connectivity index (χ0) is 16.0. The van der Waals surface area contributed by atoms with E-state index >= 15 is 0 Å². The average molecular weight is 290 g/mol. The Kier molecular flexibility index (Phi) is 12.2. The van der Waals surface area contributed by atoms with Crippen molar-refractivity contribution in [3.8, 4) is 11.8 Å². The lowest BCUT2D eigenvalue weighted by atomic mass is 9.98. The molecule has 21 heavy (non-hydrogen) atoms. The zero-order valence-electron chi connectivity index (χ0n) is 14.6. The van der Waals surface area contributed by atoms with Gasteiger partial charge in [-0.05, 0) is 45.1 Å². The Morgan fingerprint density at radius 1 is 1.00 bits per heavy atom. The van der Waals surface area contributed by atoms with Gasteiger partial charge in [0.2, 0.25) is 0 Å². The molecule has 0 aliphatic heterocycles. The molecule has 1 nitrogen and oxygen atoms in total. The van der Waals surface area contributed by atoms with Crippen LogP contribution in [-0.2, 0) is 0 Å². The van der Waals surface area contributed by atoms with E-state index in [1.165, 1.54) is 50.5 Å². The minimum atomic E-state index is -0.860. The van der Waals surface area contributed by atoms with Crippen molar-refractivity contribution in [2.45, 2.75) is 97.5 Å². The van der Waals surface area contributed by atoms with Crippen molar-refractivity contribution in [2.75, 3.05) is 0 Å². The molecule has 0 aromatic heterocycles. The molecule has 1 atom stereocenters. The second-order valence-corrected chi connectivity index (χ2v) is 6.23. The minimum absolute atomic E-state index is 0.757. The van der Waals surface area contributed by atoms with Gasteiger partial charge < -0.3 is 5.11 Å². The average Bonchev–Trinajstić information content (AvgIpc) is 2.45. The summed E-state index contributed by atoms with van der Waals surface area (Å²) in [6.07, 6.45) is 13.4. The molecule has 1 unspecified atom stereocenters. The van der Waals surface area contributed by atoms with E-state index in [9.17, 15) is 5.11 Å². The molecule has 0 saturated heterocycles. The topological polar surface area (TPSA) is 20.2 Å². The molecular weight excluding hydrogens is 256 g/mol. The maximum Gasteiger partial charge on any atom is 0.123 e. The van der Waals surface area contributed by atoms with Crippen LogP contribution in [-0.4, -0.2) is 10.7 Å². The maximum atomic E-state index is 10.2. The molecule has 0 aliphatic rings. The fourth-order valence-corrected chi connectivity index (χ4v) is 2.20. The van der Waals surface area contributed by atoms with E-state index in [0.29, 0.717) is 0 Å². The normalized spacial score (nSPS) is 12.8. The highest BCUT2D eigenvalue weighted by atomic mass is 16.3. The third kappa shape index (κ3) is 13.8. The standard InChI is InChI=1S/C20H34O/c1-5-7-9-11-15-19(3)16-12-14-18-20(4,21)17-13-10-8-6-2/h12,21H,5-11,13,15,17H2,1-4H3. The Morgan fingerprint density at radius 3 is 2.24 bits per heavy atom. The molecule has 120 valence electrons. The van der Waals surface area contributed by atoms with E-state index in [0.717, 1.165) is 19.3 Å². The van der Waals surface area contributed by atoms with Crippen LogP contribution in [0.1, 0.15) is 91.9 Å². The molecule has 0 amide bonds. The molecule has 0 aromatic rings. The first-order valence-electron chi connectivity index (χ1n) is 8.67. The summed E-state index contributed by atoms with van der Waals surface area (Å²) in [5.41, 5.74) is 3.61. The number of allylic oxidation sites excluding steroid dienone is 1. The van der Waals surface area contributed by atoms with Gasteiger partial charge in [-0.1, -0.05) is 64.2 Å². The fraction of sp³-hybridized carbons (Fsp3) is 0.750. The Morgan fingerprint density at radius 2 is 1.62 bits per heavy atom. The quantitative estimate of drug-likeness (QED) is 0.307. The molecule has 0 fully saturated rings. The van der Waals surface area contributed by atoms with Crippen molar-refractivity contribution < 1.29 is 5.11 Å². The second kappa shape index (κ2) is 12.8. The van der Waals surface area contributed by atoms with Crippen LogP contribution in [0.3, 0.4) is 0 Å². The molecule has 1 heteroatoms. The second-order valence-electron chi connectivity index (χ2n) is 6.23. The molecule has 0 aromatic carbocycles. The Bertz CT molecular complexity index is 372. The van der Waals surface area contributed by atoms with Gasteiger partial charge in [-0.3, -0.25) is 0 Å². The maximum absolute atomic E-state index is 10.2. The van der Waals surface area contributed by atoms with Crippen molar-refractivity contribution in [2.24, 2.45) is 0 Å². The van der Waals surface area contributed by atoms with E-state index in [-0.39, 0.29) is 0 Å². The predicted molar refractivity (Wildman–Crippen MR) is 93.2 cm³/mol. The van der Waals surface area contributed by atoms with Gasteiger partial charge in [-0.2, -0.15) is 0 Å². The lowest BCUT2D eigenvalue weighted by Crippen LogP contribution is -2.20. The lowest BCUT2D eigenvalue weighted by Gasteiger charge is -2.15. The summed E-state index contributed by atoms with van der Waals surface area (Å²) in [7, 11) is 0. The van der Waals surface area contributed by atoms with Crippen LogP contribution in [0.5, 0.6) is 0 Å². The highest BCUT2D eigenvalue weighted by Crippen LogP contribution is 2.14. The van der Waals surface area contributed by atoms with Crippen molar-refractivity contribution >= 4 is 0 Å². The van der Waals surface area contributed by atoms with E-state index in [4.69, 9.17) is 0 Å². The van der Waals surface area contributed by atoms with Crippen LogP contribution >= 0.6 is 0 Å². The van der Waals surface area contributed by atoms with Crippen molar-refractivity contribution in [3.63, 3.8) is 0 Å². The summed E-state index contributed by atoms with van der Waals surface area (Å²) in [4.78, 5) is 0. The van der Waals surface area contributed by atoms with Crippen LogP contribution in [0.2, 0.25) is 0 Å². The Balaban J connectivity index is 4.13. The minimum Gasteiger partial charge on any atom is -0.378 e. The summed E-state index contributed by atoms with van der Waals surface area (Å²) in [5, 5.41) is 10.2. The number of unbranched alkanes of at least 4 members (excludes halogenated alkanes) is 6. The van der Waals surface area contributed by atoms with Gasteiger partial charge in [0.25, 0.3) is 0 Å². The molecule has 0 saturated carbocycles. The van der Waals surface area contributed by atoms with Gasteiger partial charge in [0.1, 0.15) is 5.60 Å². The largest absolute Gasteiger partial charge is 0.378 e. The molecule has 0 rings (SSSR count). The van der Waals surface area contributed by atoms with Crippen molar-refractivity contribution in [1.29, 1.82) is 0 Å². The predicted octanol–water partition coefficient (Wildman–Crippen LogP) is 5.78. The first-order valence-corrected chi connectivity index (χ1v) is 8.67. The van der Waals surface area contributed by atoms with Gasteiger partial charge >= 0.3 is 0 Å². The molecule has 0 aliphatic carbocycles. The van der Waals surface area contributed by atoms with Gasteiger partial charge in [0.05, 0.1) is 0 Å². The van der Waals surface area contributed by atoms with Crippen LogP contribution < -0.4 is 0 Å². The molecule has 0 heterocycles. The highest BCUT2D eigenvalue weighted by Gasteiger charge is 2.15. The van der Waals surface area contributed by atoms with Gasteiger partial charge in [0, 0.05) is 6.08 Å². The highest BCUT2D eigenvalue weighted by molar-refractivity contribution is 5.22. The number of rotatable bonds is 10. The van der Waals surface area contributed by atoms with Crippen LogP contribution in [0.15, 0.2) is 17.4 Å². The van der Waals surface area contributed by atoms with E-state index in [1.54, 1.807) is 13.0 Å². The third-order valence-corrected chi connectivity index (χ3v) is 3.65. The fourth-order valence-electron chi connectivity index (χ4n) is 2.20. The van der Waals surface area contributed by atoms with E-state index in [1.807, 2.05) is 0 Å². The molecule has 1 N–H and O–H groups in total. The number of hydrogen-bond acceptors (Lipinski definition) is 1. The zero-order valence-corrected chi connectivity index (χ0v) is 14.6. The molecular formula is C20H34O. The summed E-state index contributed by atoms with van der Waals surface area (Å²) in [5.74, 6) is 5.88. The van der Waals surface area contributed by atoms with Gasteiger partial charge in [-0.15, -0.1) is 5.73 Å². The Hall–Kier alpha value is -0.960. The van der Waals surface area contributed by atoms with Gasteiger partial charge in [-0.25, -0.2) is 0 Å². The molecule has 0 spiro atoms.